The number of benzene rings is 1. The molecule has 3 aromatic rings. The minimum Gasteiger partial charge on any atom is -0.370 e. The van der Waals surface area contributed by atoms with E-state index in [0.717, 1.165) is 30.8 Å². The average molecular weight is 450 g/mol. The maximum atomic E-state index is 13.2. The zero-order valence-corrected chi connectivity index (χ0v) is 19.5. The maximum Gasteiger partial charge on any atom is 0.329 e. The number of nitrogens with one attached hydrogen (secondary N) is 2. The number of rotatable bonds is 9. The van der Waals surface area contributed by atoms with Crippen LogP contribution in [0, 0.1) is 6.92 Å². The second-order valence-electron chi connectivity index (χ2n) is 8.65. The number of amides is 1. The Labute approximate surface area is 192 Å². The average Bonchev–Trinajstić information content (AvgIpc) is 3.64. The van der Waals surface area contributed by atoms with E-state index < -0.39 is 11.2 Å². The number of carbonyl (C=O) groups is 1. The maximum absolute atomic E-state index is 13.2. The summed E-state index contributed by atoms with van der Waals surface area (Å²) >= 11 is 0. The van der Waals surface area contributed by atoms with Crippen molar-refractivity contribution < 1.29 is 4.79 Å². The number of nitrogens with zero attached hydrogens (tertiary/aromatic N) is 3. The molecule has 2 heterocycles. The lowest BCUT2D eigenvalue weighted by Crippen LogP contribution is -2.36. The molecule has 0 unspecified atom stereocenters. The van der Waals surface area contributed by atoms with Crippen molar-refractivity contribution in [3.8, 4) is 0 Å². The molecule has 1 saturated carbocycles. The van der Waals surface area contributed by atoms with Crippen LogP contribution in [0.1, 0.15) is 60.6 Å². The van der Waals surface area contributed by atoms with Crippen molar-refractivity contribution in [1.82, 2.24) is 19.9 Å². The highest BCUT2D eigenvalue weighted by atomic mass is 16.2. The van der Waals surface area contributed by atoms with Crippen LogP contribution in [0.5, 0.6) is 0 Å². The lowest BCUT2D eigenvalue weighted by molar-refractivity contribution is 0.0956. The quantitative estimate of drug-likeness (QED) is 0.523. The lowest BCUT2D eigenvalue weighted by atomic mass is 10.1. The smallest absolute Gasteiger partial charge is 0.329 e. The number of fused-ring (bicyclic) bond motifs is 1. The molecule has 174 valence electrons. The van der Waals surface area contributed by atoms with E-state index in [1.54, 1.807) is 6.07 Å². The first-order chi connectivity index (χ1) is 15.9. The van der Waals surface area contributed by atoms with Crippen LogP contribution in [-0.4, -0.2) is 40.1 Å². The first-order valence-corrected chi connectivity index (χ1v) is 11.7. The molecule has 1 amide bonds. The molecule has 1 fully saturated rings. The molecule has 2 N–H and O–H groups in total. The van der Waals surface area contributed by atoms with Gasteiger partial charge in [0.15, 0.2) is 5.65 Å². The van der Waals surface area contributed by atoms with Crippen LogP contribution < -0.4 is 21.5 Å². The predicted molar refractivity (Wildman–Crippen MR) is 130 cm³/mol. The van der Waals surface area contributed by atoms with E-state index in [-0.39, 0.29) is 22.8 Å². The van der Waals surface area contributed by atoms with Crippen LogP contribution >= 0.6 is 0 Å². The van der Waals surface area contributed by atoms with Crippen LogP contribution in [-0.2, 0) is 6.54 Å². The predicted octanol–water partition coefficient (Wildman–Crippen LogP) is 2.94. The molecule has 0 bridgehead atoms. The van der Waals surface area contributed by atoms with E-state index in [0.29, 0.717) is 31.7 Å². The first-order valence-electron chi connectivity index (χ1n) is 11.7. The number of carbonyl (C=O) groups excluding carboxylic acids is 1. The number of anilines is 1. The Morgan fingerprint density at radius 1 is 1.24 bits per heavy atom. The molecular formula is C25H31N5O3. The third-order valence-electron chi connectivity index (χ3n) is 6.07. The van der Waals surface area contributed by atoms with Crippen molar-refractivity contribution in [2.45, 2.75) is 52.5 Å². The number of pyridine rings is 1. The Kier molecular flexibility index (Phi) is 6.62. The number of hydrogen-bond donors (Lipinski definition) is 2. The highest BCUT2D eigenvalue weighted by Gasteiger charge is 2.28. The molecule has 1 aliphatic rings. The van der Waals surface area contributed by atoms with Gasteiger partial charge < -0.3 is 10.2 Å². The topological polar surface area (TPSA) is 100 Å². The first kappa shape index (κ1) is 22.8. The fraction of sp³-hybridized carbons (Fsp3) is 0.440. The highest BCUT2D eigenvalue weighted by Crippen LogP contribution is 2.39. The molecule has 0 atom stereocenters. The van der Waals surface area contributed by atoms with Gasteiger partial charge in [0.2, 0.25) is 0 Å². The number of aromatic nitrogens is 3. The molecule has 4 rings (SSSR count). The van der Waals surface area contributed by atoms with Gasteiger partial charge in [-0.1, -0.05) is 19.1 Å². The summed E-state index contributed by atoms with van der Waals surface area (Å²) in [6.45, 7) is 8.39. The summed E-state index contributed by atoms with van der Waals surface area (Å²) in [5.74, 6) is -0.0425. The van der Waals surface area contributed by atoms with Gasteiger partial charge in [-0.15, -0.1) is 0 Å². The highest BCUT2D eigenvalue weighted by molar-refractivity contribution is 6.05. The van der Waals surface area contributed by atoms with Gasteiger partial charge in [0.1, 0.15) is 0 Å². The largest absolute Gasteiger partial charge is 0.370 e. The van der Waals surface area contributed by atoms with Crippen molar-refractivity contribution in [1.29, 1.82) is 0 Å². The van der Waals surface area contributed by atoms with Gasteiger partial charge in [-0.05, 0) is 56.9 Å². The van der Waals surface area contributed by atoms with E-state index in [1.807, 2.05) is 13.0 Å². The zero-order valence-electron chi connectivity index (χ0n) is 19.5. The lowest BCUT2D eigenvalue weighted by Gasteiger charge is -2.23. The summed E-state index contributed by atoms with van der Waals surface area (Å²) in [6.07, 6.45) is 2.72. The normalized spacial score (nSPS) is 13.3. The second-order valence-corrected chi connectivity index (χ2v) is 8.65. The van der Waals surface area contributed by atoms with Crippen LogP contribution in [0.25, 0.3) is 11.0 Å². The number of aromatic amines is 1. The van der Waals surface area contributed by atoms with Gasteiger partial charge >= 0.3 is 5.69 Å². The minimum atomic E-state index is -0.572. The molecule has 1 aliphatic carbocycles. The van der Waals surface area contributed by atoms with Crippen molar-refractivity contribution in [3.63, 3.8) is 0 Å². The molecule has 8 heteroatoms. The van der Waals surface area contributed by atoms with Gasteiger partial charge in [0, 0.05) is 43.5 Å². The molecule has 8 nitrogen and oxygen atoms in total. The van der Waals surface area contributed by atoms with E-state index >= 15 is 0 Å². The summed E-state index contributed by atoms with van der Waals surface area (Å²) in [4.78, 5) is 47.6. The molecular weight excluding hydrogens is 418 g/mol. The summed E-state index contributed by atoms with van der Waals surface area (Å²) in [7, 11) is 0. The number of hydrogen-bond acceptors (Lipinski definition) is 5. The minimum absolute atomic E-state index is 0.177. The van der Waals surface area contributed by atoms with E-state index in [1.165, 1.54) is 10.1 Å². The van der Waals surface area contributed by atoms with Gasteiger partial charge in [-0.25, -0.2) is 9.78 Å². The zero-order chi connectivity index (χ0) is 23.5. The van der Waals surface area contributed by atoms with Crippen LogP contribution in [0.3, 0.4) is 0 Å². The summed E-state index contributed by atoms with van der Waals surface area (Å²) < 4.78 is 1.47. The van der Waals surface area contributed by atoms with Crippen LogP contribution in [0.2, 0.25) is 0 Å². The Morgan fingerprint density at radius 3 is 2.70 bits per heavy atom. The third-order valence-corrected chi connectivity index (χ3v) is 6.07. The second kappa shape index (κ2) is 9.60. The Morgan fingerprint density at radius 2 is 2.03 bits per heavy atom. The van der Waals surface area contributed by atoms with Gasteiger partial charge in [0.05, 0.1) is 10.9 Å². The molecule has 0 radical (unpaired) electrons. The Bertz CT molecular complexity index is 1290. The van der Waals surface area contributed by atoms with Crippen molar-refractivity contribution in [3.05, 3.63) is 68.0 Å². The molecule has 0 spiro atoms. The van der Waals surface area contributed by atoms with Gasteiger partial charge in [0.25, 0.3) is 11.5 Å². The fourth-order valence-corrected chi connectivity index (χ4v) is 4.19. The Hall–Kier alpha value is -3.42. The third kappa shape index (κ3) is 4.84. The van der Waals surface area contributed by atoms with Crippen LogP contribution in [0.15, 0.2) is 39.9 Å². The Balaban J connectivity index is 1.63. The molecule has 2 aromatic heterocycles. The van der Waals surface area contributed by atoms with Crippen molar-refractivity contribution in [2.24, 2.45) is 0 Å². The summed E-state index contributed by atoms with van der Waals surface area (Å²) in [5.41, 5.74) is 2.59. The standard InChI is InChI=1S/C25H31N5O3/c1-4-12-30-22-21(24(32)28-25(30)33)19(15-20(27-22)17-9-10-17)23(31)26-11-13-29(5-2)18-8-6-7-16(3)14-18/h6-8,14-15,17H,4-5,9-13H2,1-3H3,(H,26,31)(H,28,32,33). The fourth-order valence-electron chi connectivity index (χ4n) is 4.19. The van der Waals surface area contributed by atoms with Crippen LogP contribution in [0.4, 0.5) is 5.69 Å². The number of likely N-dealkylation sites (N-methyl/N-ethyl adjacent to an activating group) is 1. The van der Waals surface area contributed by atoms with E-state index in [2.05, 4.69) is 52.2 Å². The molecule has 0 saturated heterocycles. The number of H-pyrrole nitrogens is 1. The number of aryl methyl sites for hydroxylation is 2. The van der Waals surface area contributed by atoms with Crippen molar-refractivity contribution >= 4 is 22.6 Å². The molecule has 33 heavy (non-hydrogen) atoms. The monoisotopic (exact) mass is 449 g/mol. The SMILES string of the molecule is CCCn1c(=O)[nH]c(=O)c2c(C(=O)NCCN(CC)c3cccc(C)c3)cc(C3CC3)nc21. The van der Waals surface area contributed by atoms with E-state index in [9.17, 15) is 14.4 Å². The van der Waals surface area contributed by atoms with E-state index in [4.69, 9.17) is 0 Å². The van der Waals surface area contributed by atoms with Gasteiger partial charge in [-0.3, -0.25) is 19.1 Å². The summed E-state index contributed by atoms with van der Waals surface area (Å²) in [5, 5.41) is 3.15. The van der Waals surface area contributed by atoms with Crippen molar-refractivity contribution in [2.75, 3.05) is 24.5 Å². The molecule has 1 aromatic carbocycles. The molecule has 0 aliphatic heterocycles. The van der Waals surface area contributed by atoms with Gasteiger partial charge in [-0.2, -0.15) is 0 Å². The summed E-state index contributed by atoms with van der Waals surface area (Å²) in [6, 6.07) is 9.99.